The molecule has 182 valence electrons. The van der Waals surface area contributed by atoms with Gasteiger partial charge in [-0.15, -0.1) is 0 Å². The summed E-state index contributed by atoms with van der Waals surface area (Å²) in [6.45, 7) is -0.426. The molecule has 2 aromatic carbocycles. The molecule has 0 radical (unpaired) electrons. The molecule has 1 aliphatic carbocycles. The highest BCUT2D eigenvalue weighted by Gasteiger charge is 2.22. The molecule has 3 N–H and O–H groups in total. The lowest BCUT2D eigenvalue weighted by Gasteiger charge is -2.19. The highest BCUT2D eigenvalue weighted by atomic mass is 16.3. The molecule has 9 heteroatoms. The first-order chi connectivity index (χ1) is 16.9. The van der Waals surface area contributed by atoms with E-state index in [0.717, 1.165) is 12.8 Å². The zero-order valence-corrected chi connectivity index (χ0v) is 19.6. The van der Waals surface area contributed by atoms with Crippen LogP contribution in [0, 0.1) is 17.2 Å². The van der Waals surface area contributed by atoms with E-state index in [0.29, 0.717) is 40.2 Å². The maximum absolute atomic E-state index is 12.8. The second kappa shape index (κ2) is 10.7. The number of aliphatic hydroxyl groups excluding tert-OH is 2. The Bertz CT molecular complexity index is 1260. The van der Waals surface area contributed by atoms with E-state index in [1.54, 1.807) is 52.9 Å². The Morgan fingerprint density at radius 2 is 1.94 bits per heavy atom. The predicted octanol–water partition coefficient (Wildman–Crippen LogP) is 3.06. The van der Waals surface area contributed by atoms with E-state index in [1.165, 1.54) is 12.8 Å². The Morgan fingerprint density at radius 1 is 1.23 bits per heavy atom. The number of anilines is 2. The Hall–Kier alpha value is -3.74. The molecular formula is C26H29N5O4. The van der Waals surface area contributed by atoms with Gasteiger partial charge in [-0.3, -0.25) is 14.9 Å². The van der Waals surface area contributed by atoms with E-state index < -0.39 is 18.6 Å². The molecule has 1 heterocycles. The monoisotopic (exact) mass is 475 g/mol. The molecule has 35 heavy (non-hydrogen) atoms. The molecule has 2 amide bonds. The molecule has 0 saturated heterocycles. The van der Waals surface area contributed by atoms with E-state index in [1.807, 2.05) is 12.1 Å². The van der Waals surface area contributed by atoms with Crippen LogP contribution < -0.4 is 10.2 Å². The summed E-state index contributed by atoms with van der Waals surface area (Å²) in [6, 6.07) is 13.6. The molecular weight excluding hydrogens is 446 g/mol. The van der Waals surface area contributed by atoms with E-state index in [4.69, 9.17) is 5.26 Å². The molecule has 1 unspecified atom stereocenters. The molecule has 0 aliphatic heterocycles. The molecule has 4 rings (SSSR count). The quantitative estimate of drug-likeness (QED) is 0.459. The summed E-state index contributed by atoms with van der Waals surface area (Å²) in [7, 11) is 1.75. The average molecular weight is 476 g/mol. The van der Waals surface area contributed by atoms with Crippen molar-refractivity contribution in [1.29, 1.82) is 5.26 Å². The number of nitriles is 1. The van der Waals surface area contributed by atoms with Crippen LogP contribution in [0.2, 0.25) is 0 Å². The van der Waals surface area contributed by atoms with Crippen molar-refractivity contribution in [3.63, 3.8) is 0 Å². The van der Waals surface area contributed by atoms with Crippen LogP contribution >= 0.6 is 0 Å². The van der Waals surface area contributed by atoms with E-state index in [2.05, 4.69) is 10.3 Å². The van der Waals surface area contributed by atoms with E-state index >= 15 is 0 Å². The fourth-order valence-electron chi connectivity index (χ4n) is 4.49. The first-order valence-electron chi connectivity index (χ1n) is 11.8. The fourth-order valence-corrected chi connectivity index (χ4v) is 4.49. The third-order valence-electron chi connectivity index (χ3n) is 6.54. The molecule has 1 aliphatic rings. The lowest BCUT2D eigenvalue weighted by molar-refractivity contribution is -0.119. The van der Waals surface area contributed by atoms with Crippen molar-refractivity contribution in [2.75, 3.05) is 23.9 Å². The van der Waals surface area contributed by atoms with Crippen LogP contribution in [-0.4, -0.2) is 51.3 Å². The summed E-state index contributed by atoms with van der Waals surface area (Å²) in [5.41, 5.74) is 2.68. The summed E-state index contributed by atoms with van der Waals surface area (Å²) in [5.74, 6) is 0.283. The van der Waals surface area contributed by atoms with Crippen LogP contribution in [0.25, 0.3) is 11.0 Å². The van der Waals surface area contributed by atoms with Crippen LogP contribution in [0.4, 0.5) is 11.6 Å². The van der Waals surface area contributed by atoms with Crippen LogP contribution in [0.5, 0.6) is 0 Å². The molecule has 0 spiro atoms. The van der Waals surface area contributed by atoms with Gasteiger partial charge in [-0.1, -0.05) is 12.8 Å². The zero-order valence-electron chi connectivity index (χ0n) is 19.6. The molecule has 1 atom stereocenters. The van der Waals surface area contributed by atoms with Crippen molar-refractivity contribution in [3.8, 4) is 6.07 Å². The maximum atomic E-state index is 12.8. The standard InChI is InChI=1S/C26H29N5O4/c1-30(24(34)12-17-4-2-3-5-17)20-10-11-23-22(13-20)28-26(31(23)15-21(33)16-32)29-25(35)19-8-6-18(14-27)7-9-19/h6-11,13,17,21,32-33H,2-5,12,15-16H2,1H3,(H,28,29,35). The minimum atomic E-state index is -1.05. The first kappa shape index (κ1) is 24.4. The van der Waals surface area contributed by atoms with E-state index in [-0.39, 0.29) is 18.4 Å². The van der Waals surface area contributed by atoms with Gasteiger partial charge < -0.3 is 19.7 Å². The van der Waals surface area contributed by atoms with Gasteiger partial charge in [-0.2, -0.15) is 5.26 Å². The molecule has 3 aromatic rings. The van der Waals surface area contributed by atoms with Crippen LogP contribution in [0.3, 0.4) is 0 Å². The van der Waals surface area contributed by atoms with Gasteiger partial charge in [0, 0.05) is 24.7 Å². The number of amides is 2. The third kappa shape index (κ3) is 5.50. The Balaban J connectivity index is 1.61. The van der Waals surface area contributed by atoms with Gasteiger partial charge in [-0.25, -0.2) is 4.98 Å². The van der Waals surface area contributed by atoms with Crippen molar-refractivity contribution in [3.05, 3.63) is 53.6 Å². The van der Waals surface area contributed by atoms with Gasteiger partial charge in [0.05, 0.1) is 41.9 Å². The van der Waals surface area contributed by atoms with Crippen molar-refractivity contribution in [2.24, 2.45) is 5.92 Å². The smallest absolute Gasteiger partial charge is 0.257 e. The molecule has 9 nitrogen and oxygen atoms in total. The highest BCUT2D eigenvalue weighted by Crippen LogP contribution is 2.30. The maximum Gasteiger partial charge on any atom is 0.257 e. The van der Waals surface area contributed by atoms with Crippen molar-refractivity contribution < 1.29 is 19.8 Å². The van der Waals surface area contributed by atoms with Gasteiger partial charge in [-0.05, 0) is 61.2 Å². The summed E-state index contributed by atoms with van der Waals surface area (Å²) in [4.78, 5) is 31.8. The van der Waals surface area contributed by atoms with E-state index in [9.17, 15) is 19.8 Å². The number of benzene rings is 2. The number of fused-ring (bicyclic) bond motifs is 1. The van der Waals surface area contributed by atoms with Crippen LogP contribution in [0.1, 0.15) is 48.0 Å². The lowest BCUT2D eigenvalue weighted by atomic mass is 10.0. The van der Waals surface area contributed by atoms with Crippen LogP contribution in [-0.2, 0) is 11.3 Å². The summed E-state index contributed by atoms with van der Waals surface area (Å²) in [6.07, 6.45) is 4.03. The van der Waals surface area contributed by atoms with Gasteiger partial charge in [0.2, 0.25) is 11.9 Å². The lowest BCUT2D eigenvalue weighted by Crippen LogP contribution is -2.27. The normalized spacial score (nSPS) is 14.6. The number of hydrogen-bond donors (Lipinski definition) is 3. The van der Waals surface area contributed by atoms with Gasteiger partial charge in [0.25, 0.3) is 5.91 Å². The van der Waals surface area contributed by atoms with Crippen molar-refractivity contribution >= 4 is 34.5 Å². The zero-order chi connectivity index (χ0) is 24.9. The molecule has 1 saturated carbocycles. The second-order valence-electron chi connectivity index (χ2n) is 9.01. The molecule has 1 fully saturated rings. The average Bonchev–Trinajstić information content (AvgIpc) is 3.50. The van der Waals surface area contributed by atoms with Crippen molar-refractivity contribution in [2.45, 2.75) is 44.8 Å². The molecule has 0 bridgehead atoms. The van der Waals surface area contributed by atoms with Crippen LogP contribution in [0.15, 0.2) is 42.5 Å². The summed E-state index contributed by atoms with van der Waals surface area (Å²) >= 11 is 0. The number of carbonyl (C=O) groups is 2. The number of aromatic nitrogens is 2. The Labute approximate surface area is 203 Å². The minimum absolute atomic E-state index is 0.0196. The number of hydrogen-bond acceptors (Lipinski definition) is 6. The summed E-state index contributed by atoms with van der Waals surface area (Å²) in [5, 5.41) is 31.2. The van der Waals surface area contributed by atoms with Gasteiger partial charge in [0.1, 0.15) is 0 Å². The second-order valence-corrected chi connectivity index (χ2v) is 9.01. The highest BCUT2D eigenvalue weighted by molar-refractivity contribution is 6.04. The third-order valence-corrected chi connectivity index (χ3v) is 6.54. The minimum Gasteiger partial charge on any atom is -0.394 e. The fraction of sp³-hybridized carbons (Fsp3) is 0.385. The Kier molecular flexibility index (Phi) is 7.44. The van der Waals surface area contributed by atoms with Crippen molar-refractivity contribution in [1.82, 2.24) is 9.55 Å². The number of nitrogens with one attached hydrogen (secondary N) is 1. The largest absolute Gasteiger partial charge is 0.394 e. The number of imidazole rings is 1. The van der Waals surface area contributed by atoms with Gasteiger partial charge >= 0.3 is 0 Å². The number of nitrogens with zero attached hydrogens (tertiary/aromatic N) is 4. The predicted molar refractivity (Wildman–Crippen MR) is 132 cm³/mol. The summed E-state index contributed by atoms with van der Waals surface area (Å²) < 4.78 is 1.63. The molecule has 1 aromatic heterocycles. The van der Waals surface area contributed by atoms with Gasteiger partial charge in [0.15, 0.2) is 0 Å². The number of aliphatic hydroxyl groups is 2. The first-order valence-corrected chi connectivity index (χ1v) is 11.8. The Morgan fingerprint density at radius 3 is 2.60 bits per heavy atom. The number of carbonyl (C=O) groups excluding carboxylic acids is 2. The SMILES string of the molecule is CN(C(=O)CC1CCCC1)c1ccc2c(c1)nc(NC(=O)c1ccc(C#N)cc1)n2CC(O)CO. The topological polar surface area (TPSA) is 131 Å². The number of rotatable bonds is 8.